The Morgan fingerprint density at radius 2 is 1.69 bits per heavy atom. The molecule has 0 aliphatic heterocycles. The van der Waals surface area contributed by atoms with Crippen molar-refractivity contribution in [2.24, 2.45) is 0 Å². The predicted octanol–water partition coefficient (Wildman–Crippen LogP) is 4.62. The maximum atomic E-state index is 13.6. The number of carbonyl (C=O) groups is 2. The summed E-state index contributed by atoms with van der Waals surface area (Å²) in [6.07, 6.45) is 1.95. The first-order valence-corrected chi connectivity index (χ1v) is 13.7. The van der Waals surface area contributed by atoms with Gasteiger partial charge in [-0.1, -0.05) is 49.2 Å². The SMILES string of the molecule is CCC(C)NC(=O)C(CC)N(Cc1ccc(F)cc1)C(=O)CN(c1ccc(Cl)cc1Cl)S(C)(=O)=O. The van der Waals surface area contributed by atoms with E-state index in [0.29, 0.717) is 17.0 Å². The van der Waals surface area contributed by atoms with Crippen LogP contribution in [-0.2, 0) is 26.2 Å². The molecule has 2 aromatic rings. The summed E-state index contributed by atoms with van der Waals surface area (Å²) in [7, 11) is -3.93. The molecular formula is C24H30Cl2FN3O4S. The van der Waals surface area contributed by atoms with Crippen molar-refractivity contribution < 1.29 is 22.4 Å². The molecule has 0 aliphatic rings. The van der Waals surface area contributed by atoms with Gasteiger partial charge in [0.15, 0.2) is 0 Å². The molecule has 2 atom stereocenters. The number of carbonyl (C=O) groups excluding carboxylic acids is 2. The number of hydrogen-bond acceptors (Lipinski definition) is 4. The minimum absolute atomic E-state index is 0.0164. The molecule has 0 radical (unpaired) electrons. The van der Waals surface area contributed by atoms with E-state index in [1.165, 1.54) is 47.4 Å². The third kappa shape index (κ3) is 8.08. The molecule has 1 N–H and O–H groups in total. The van der Waals surface area contributed by atoms with Crippen LogP contribution in [0.5, 0.6) is 0 Å². The van der Waals surface area contributed by atoms with Crippen LogP contribution in [0.2, 0.25) is 10.0 Å². The van der Waals surface area contributed by atoms with Crippen LogP contribution >= 0.6 is 23.2 Å². The summed E-state index contributed by atoms with van der Waals surface area (Å²) >= 11 is 12.2. The van der Waals surface area contributed by atoms with E-state index < -0.39 is 34.3 Å². The van der Waals surface area contributed by atoms with Gasteiger partial charge in [-0.25, -0.2) is 12.8 Å². The molecule has 0 saturated heterocycles. The molecule has 0 heterocycles. The number of rotatable bonds is 11. The Bertz CT molecular complexity index is 1150. The first-order chi connectivity index (χ1) is 16.4. The van der Waals surface area contributed by atoms with Gasteiger partial charge in [0.25, 0.3) is 0 Å². The van der Waals surface area contributed by atoms with Crippen molar-refractivity contribution in [1.29, 1.82) is 0 Å². The maximum Gasteiger partial charge on any atom is 0.244 e. The Labute approximate surface area is 216 Å². The van der Waals surface area contributed by atoms with Crippen LogP contribution in [0.1, 0.15) is 39.2 Å². The highest BCUT2D eigenvalue weighted by Gasteiger charge is 2.32. The number of sulfonamides is 1. The van der Waals surface area contributed by atoms with Crippen LogP contribution in [0.25, 0.3) is 0 Å². The van der Waals surface area contributed by atoms with Crippen molar-refractivity contribution >= 4 is 50.7 Å². The molecule has 192 valence electrons. The van der Waals surface area contributed by atoms with Crippen molar-refractivity contribution in [2.45, 2.75) is 52.2 Å². The van der Waals surface area contributed by atoms with Crippen LogP contribution in [0.15, 0.2) is 42.5 Å². The lowest BCUT2D eigenvalue weighted by molar-refractivity contribution is -0.140. The van der Waals surface area contributed by atoms with E-state index in [1.807, 2.05) is 13.8 Å². The maximum absolute atomic E-state index is 13.6. The van der Waals surface area contributed by atoms with Gasteiger partial charge in [-0.15, -0.1) is 0 Å². The van der Waals surface area contributed by atoms with Crippen molar-refractivity contribution in [2.75, 3.05) is 17.1 Å². The molecule has 11 heteroatoms. The third-order valence-corrected chi connectivity index (χ3v) is 7.18. The van der Waals surface area contributed by atoms with E-state index in [-0.39, 0.29) is 35.6 Å². The summed E-state index contributed by atoms with van der Waals surface area (Å²) in [5, 5.41) is 3.25. The Hall–Kier alpha value is -2.36. The highest BCUT2D eigenvalue weighted by Crippen LogP contribution is 2.30. The van der Waals surface area contributed by atoms with E-state index in [2.05, 4.69) is 5.32 Å². The molecule has 2 amide bonds. The van der Waals surface area contributed by atoms with Gasteiger partial charge in [0.05, 0.1) is 17.0 Å². The Kier molecular flexibility index (Phi) is 10.4. The van der Waals surface area contributed by atoms with Crippen molar-refractivity contribution in [1.82, 2.24) is 10.2 Å². The van der Waals surface area contributed by atoms with E-state index in [4.69, 9.17) is 23.2 Å². The highest BCUT2D eigenvalue weighted by atomic mass is 35.5. The number of benzene rings is 2. The number of amides is 2. The van der Waals surface area contributed by atoms with Gasteiger partial charge in [-0.05, 0) is 55.7 Å². The largest absolute Gasteiger partial charge is 0.352 e. The van der Waals surface area contributed by atoms with Gasteiger partial charge in [-0.3, -0.25) is 13.9 Å². The first kappa shape index (κ1) is 28.9. The number of hydrogen-bond donors (Lipinski definition) is 1. The zero-order chi connectivity index (χ0) is 26.3. The zero-order valence-electron chi connectivity index (χ0n) is 20.1. The van der Waals surface area contributed by atoms with Crippen molar-refractivity contribution in [3.8, 4) is 0 Å². The number of nitrogens with zero attached hydrogens (tertiary/aromatic N) is 2. The molecule has 0 spiro atoms. The van der Waals surface area contributed by atoms with Crippen LogP contribution in [-0.4, -0.2) is 50.0 Å². The molecule has 0 fully saturated rings. The fourth-order valence-electron chi connectivity index (χ4n) is 3.43. The molecule has 2 aromatic carbocycles. The number of halogens is 3. The lowest BCUT2D eigenvalue weighted by Crippen LogP contribution is -2.53. The molecule has 0 saturated carbocycles. The molecule has 0 aromatic heterocycles. The summed E-state index contributed by atoms with van der Waals surface area (Å²) in [6, 6.07) is 8.82. The van der Waals surface area contributed by atoms with E-state index in [9.17, 15) is 22.4 Å². The van der Waals surface area contributed by atoms with Gasteiger partial charge in [-0.2, -0.15) is 0 Å². The fourth-order valence-corrected chi connectivity index (χ4v) is 4.85. The minimum atomic E-state index is -3.93. The monoisotopic (exact) mass is 545 g/mol. The van der Waals surface area contributed by atoms with Gasteiger partial charge < -0.3 is 10.2 Å². The second-order valence-electron chi connectivity index (χ2n) is 8.26. The lowest BCUT2D eigenvalue weighted by atomic mass is 10.1. The summed E-state index contributed by atoms with van der Waals surface area (Å²) in [5.41, 5.74) is 0.677. The van der Waals surface area contributed by atoms with E-state index in [0.717, 1.165) is 10.6 Å². The Morgan fingerprint density at radius 3 is 2.20 bits per heavy atom. The average Bonchev–Trinajstić information content (AvgIpc) is 2.78. The molecule has 0 bridgehead atoms. The summed E-state index contributed by atoms with van der Waals surface area (Å²) in [5.74, 6) is -1.40. The lowest BCUT2D eigenvalue weighted by Gasteiger charge is -2.33. The number of nitrogens with one attached hydrogen (secondary N) is 1. The first-order valence-electron chi connectivity index (χ1n) is 11.1. The predicted molar refractivity (Wildman–Crippen MR) is 138 cm³/mol. The van der Waals surface area contributed by atoms with Crippen LogP contribution in [0.3, 0.4) is 0 Å². The number of anilines is 1. The van der Waals surface area contributed by atoms with E-state index in [1.54, 1.807) is 6.92 Å². The summed E-state index contributed by atoms with van der Waals surface area (Å²) in [4.78, 5) is 27.9. The van der Waals surface area contributed by atoms with Gasteiger partial charge in [0.2, 0.25) is 21.8 Å². The minimum Gasteiger partial charge on any atom is -0.352 e. The summed E-state index contributed by atoms with van der Waals surface area (Å²) in [6.45, 7) is 4.93. The topological polar surface area (TPSA) is 86.8 Å². The van der Waals surface area contributed by atoms with Gasteiger partial charge in [0, 0.05) is 17.6 Å². The van der Waals surface area contributed by atoms with Gasteiger partial charge >= 0.3 is 0 Å². The molecule has 2 rings (SSSR count). The van der Waals surface area contributed by atoms with Crippen molar-refractivity contribution in [3.63, 3.8) is 0 Å². The van der Waals surface area contributed by atoms with E-state index >= 15 is 0 Å². The van der Waals surface area contributed by atoms with Crippen LogP contribution in [0.4, 0.5) is 10.1 Å². The second-order valence-corrected chi connectivity index (χ2v) is 11.0. The molecule has 0 aliphatic carbocycles. The molecule has 35 heavy (non-hydrogen) atoms. The Balaban J connectivity index is 2.46. The quantitative estimate of drug-likeness (QED) is 0.446. The van der Waals surface area contributed by atoms with Crippen LogP contribution < -0.4 is 9.62 Å². The third-order valence-electron chi connectivity index (χ3n) is 5.51. The molecular weight excluding hydrogens is 516 g/mol. The normalized spacial score (nSPS) is 13.1. The smallest absolute Gasteiger partial charge is 0.244 e. The molecule has 7 nitrogen and oxygen atoms in total. The standard InChI is InChI=1S/C24H30Cl2FN3O4S/c1-5-16(3)28-24(32)21(6-2)29(14-17-7-10-19(27)11-8-17)23(31)15-30(35(4,33)34)22-12-9-18(25)13-20(22)26/h7-13,16,21H,5-6,14-15H2,1-4H3,(H,28,32). The van der Waals surface area contributed by atoms with Gasteiger partial charge in [0.1, 0.15) is 18.4 Å². The highest BCUT2D eigenvalue weighted by molar-refractivity contribution is 7.92. The fraction of sp³-hybridized carbons (Fsp3) is 0.417. The molecule has 2 unspecified atom stereocenters. The summed E-state index contributed by atoms with van der Waals surface area (Å²) < 4.78 is 39.6. The van der Waals surface area contributed by atoms with Crippen LogP contribution in [0, 0.1) is 5.82 Å². The average molecular weight is 546 g/mol. The Morgan fingerprint density at radius 1 is 1.06 bits per heavy atom. The zero-order valence-corrected chi connectivity index (χ0v) is 22.4. The second kappa shape index (κ2) is 12.6. The van der Waals surface area contributed by atoms with Crippen molar-refractivity contribution in [3.05, 3.63) is 63.9 Å².